The number of carboxylic acids is 1. The van der Waals surface area contributed by atoms with Gasteiger partial charge in [-0.2, -0.15) is 0 Å². The monoisotopic (exact) mass is 531 g/mol. The van der Waals surface area contributed by atoms with Gasteiger partial charge in [0.2, 0.25) is 11.8 Å². The Morgan fingerprint density at radius 1 is 0.821 bits per heavy atom. The predicted molar refractivity (Wildman–Crippen MR) is 151 cm³/mol. The highest BCUT2D eigenvalue weighted by Crippen LogP contribution is 2.16. The van der Waals surface area contributed by atoms with Crippen molar-refractivity contribution in [1.82, 2.24) is 4.90 Å². The first-order valence-electron chi connectivity index (χ1n) is 12.6. The first-order valence-corrected chi connectivity index (χ1v) is 12.6. The standard InChI is InChI=1S/C29H33N5O5/c1-20-6-2-3-7-25(20)33-29(39)32-24-12-8-21(9-13-24)18-27(36)34(17-5-4-16-30)19-26(35)31-23-14-10-22(11-15-23)28(37)38/h2-3,6-15H,4-5,16-19,30H2,1H3,(H,31,35)(H,37,38)(H2,32,33,39). The van der Waals surface area contributed by atoms with E-state index in [4.69, 9.17) is 10.8 Å². The Hall–Kier alpha value is -4.70. The lowest BCUT2D eigenvalue weighted by Crippen LogP contribution is -2.39. The number of amides is 4. The molecular formula is C29H33N5O5. The number of nitrogens with one attached hydrogen (secondary N) is 3. The van der Waals surface area contributed by atoms with Crippen LogP contribution >= 0.6 is 0 Å². The van der Waals surface area contributed by atoms with E-state index in [2.05, 4.69) is 16.0 Å². The molecule has 3 aromatic carbocycles. The zero-order chi connectivity index (χ0) is 28.2. The van der Waals surface area contributed by atoms with Crippen molar-refractivity contribution in [2.75, 3.05) is 35.6 Å². The van der Waals surface area contributed by atoms with Crippen molar-refractivity contribution < 1.29 is 24.3 Å². The van der Waals surface area contributed by atoms with Crippen LogP contribution in [0.4, 0.5) is 21.9 Å². The molecule has 39 heavy (non-hydrogen) atoms. The number of nitrogens with zero attached hydrogens (tertiary/aromatic N) is 1. The van der Waals surface area contributed by atoms with Crippen LogP contribution in [-0.2, 0) is 16.0 Å². The molecule has 6 N–H and O–H groups in total. The molecule has 4 amide bonds. The Kier molecular flexibility index (Phi) is 10.6. The van der Waals surface area contributed by atoms with Gasteiger partial charge in [0, 0.05) is 23.6 Å². The molecule has 0 atom stereocenters. The molecule has 0 fully saturated rings. The van der Waals surface area contributed by atoms with Gasteiger partial charge in [-0.1, -0.05) is 30.3 Å². The second-order valence-corrected chi connectivity index (χ2v) is 9.01. The predicted octanol–water partition coefficient (Wildman–Crippen LogP) is 4.09. The number of urea groups is 1. The number of hydrogen-bond acceptors (Lipinski definition) is 5. The van der Waals surface area contributed by atoms with Gasteiger partial charge in [0.1, 0.15) is 0 Å². The van der Waals surface area contributed by atoms with Crippen molar-refractivity contribution in [2.45, 2.75) is 26.2 Å². The van der Waals surface area contributed by atoms with Gasteiger partial charge >= 0.3 is 12.0 Å². The van der Waals surface area contributed by atoms with E-state index in [9.17, 15) is 19.2 Å². The lowest BCUT2D eigenvalue weighted by molar-refractivity contribution is -0.134. The third-order valence-electron chi connectivity index (χ3n) is 5.95. The summed E-state index contributed by atoms with van der Waals surface area (Å²) in [7, 11) is 0. The Bertz CT molecular complexity index is 1290. The van der Waals surface area contributed by atoms with Crippen LogP contribution in [0, 0.1) is 6.92 Å². The average Bonchev–Trinajstić information content (AvgIpc) is 2.91. The summed E-state index contributed by atoms with van der Waals surface area (Å²) in [6.45, 7) is 2.61. The van der Waals surface area contributed by atoms with Gasteiger partial charge in [-0.25, -0.2) is 9.59 Å². The molecule has 0 aliphatic rings. The van der Waals surface area contributed by atoms with E-state index < -0.39 is 11.9 Å². The maximum atomic E-state index is 13.1. The fourth-order valence-electron chi connectivity index (χ4n) is 3.80. The molecule has 3 aromatic rings. The van der Waals surface area contributed by atoms with Crippen molar-refractivity contribution >= 4 is 40.9 Å². The van der Waals surface area contributed by atoms with E-state index in [0.29, 0.717) is 43.0 Å². The SMILES string of the molecule is Cc1ccccc1NC(=O)Nc1ccc(CC(=O)N(CCCCN)CC(=O)Nc2ccc(C(=O)O)cc2)cc1. The van der Waals surface area contributed by atoms with Gasteiger partial charge in [0.15, 0.2) is 0 Å². The van der Waals surface area contributed by atoms with Gasteiger partial charge in [-0.3, -0.25) is 9.59 Å². The van der Waals surface area contributed by atoms with Gasteiger partial charge < -0.3 is 31.7 Å². The first kappa shape index (κ1) is 28.9. The minimum atomic E-state index is -1.06. The number of nitrogens with two attached hydrogens (primary N) is 1. The van der Waals surface area contributed by atoms with E-state index in [-0.39, 0.29) is 30.5 Å². The molecular weight excluding hydrogens is 498 g/mol. The molecule has 0 aliphatic carbocycles. The molecule has 0 bridgehead atoms. The highest BCUT2D eigenvalue weighted by atomic mass is 16.4. The normalized spacial score (nSPS) is 10.4. The Morgan fingerprint density at radius 3 is 2.10 bits per heavy atom. The summed E-state index contributed by atoms with van der Waals surface area (Å²) >= 11 is 0. The van der Waals surface area contributed by atoms with Crippen molar-refractivity contribution in [1.29, 1.82) is 0 Å². The van der Waals surface area contributed by atoms with Crippen LogP contribution in [0.1, 0.15) is 34.3 Å². The maximum absolute atomic E-state index is 13.1. The highest BCUT2D eigenvalue weighted by Gasteiger charge is 2.18. The van der Waals surface area contributed by atoms with Gasteiger partial charge in [0.25, 0.3) is 0 Å². The topological polar surface area (TPSA) is 154 Å². The van der Waals surface area contributed by atoms with Crippen LogP contribution in [0.2, 0.25) is 0 Å². The van der Waals surface area contributed by atoms with E-state index in [1.165, 1.54) is 29.2 Å². The smallest absolute Gasteiger partial charge is 0.335 e. The van der Waals surface area contributed by atoms with E-state index >= 15 is 0 Å². The number of unbranched alkanes of at least 4 members (excludes halogenated alkanes) is 1. The molecule has 204 valence electrons. The molecule has 10 heteroatoms. The van der Waals surface area contributed by atoms with Crippen LogP contribution in [0.25, 0.3) is 0 Å². The average molecular weight is 532 g/mol. The first-order chi connectivity index (χ1) is 18.7. The summed E-state index contributed by atoms with van der Waals surface area (Å²) < 4.78 is 0. The van der Waals surface area contributed by atoms with Gasteiger partial charge in [-0.15, -0.1) is 0 Å². The van der Waals surface area contributed by atoms with Crippen molar-refractivity contribution in [3.63, 3.8) is 0 Å². The number of hydrogen-bond donors (Lipinski definition) is 5. The zero-order valence-corrected chi connectivity index (χ0v) is 21.8. The van der Waals surface area contributed by atoms with Crippen LogP contribution < -0.4 is 21.7 Å². The molecule has 0 aliphatic heterocycles. The fourth-order valence-corrected chi connectivity index (χ4v) is 3.80. The summed E-state index contributed by atoms with van der Waals surface area (Å²) in [6, 6.07) is 19.8. The van der Waals surface area contributed by atoms with Crippen molar-refractivity contribution in [3.8, 4) is 0 Å². The van der Waals surface area contributed by atoms with Crippen molar-refractivity contribution in [3.05, 3.63) is 89.5 Å². The quantitative estimate of drug-likeness (QED) is 0.222. The molecule has 0 heterocycles. The minimum Gasteiger partial charge on any atom is -0.478 e. The van der Waals surface area contributed by atoms with E-state index in [1.54, 1.807) is 24.3 Å². The number of aryl methyl sites for hydroxylation is 1. The summed E-state index contributed by atoms with van der Waals surface area (Å²) in [5.41, 5.74) is 9.11. The van der Waals surface area contributed by atoms with E-state index in [1.807, 2.05) is 31.2 Å². The molecule has 0 spiro atoms. The van der Waals surface area contributed by atoms with Crippen molar-refractivity contribution in [2.24, 2.45) is 5.73 Å². The molecule has 0 saturated heterocycles. The number of benzene rings is 3. The highest BCUT2D eigenvalue weighted by molar-refractivity contribution is 6.00. The summed E-state index contributed by atoms with van der Waals surface area (Å²) in [6.07, 6.45) is 1.45. The lowest BCUT2D eigenvalue weighted by atomic mass is 10.1. The Labute approximate surface area is 227 Å². The second kappa shape index (κ2) is 14.3. The number of aromatic carboxylic acids is 1. The molecule has 0 saturated carbocycles. The summed E-state index contributed by atoms with van der Waals surface area (Å²) in [5, 5.41) is 17.3. The largest absolute Gasteiger partial charge is 0.478 e. The minimum absolute atomic E-state index is 0.0822. The second-order valence-electron chi connectivity index (χ2n) is 9.01. The number of carboxylic acid groups (broad SMARTS) is 1. The number of carbonyl (C=O) groups excluding carboxylic acids is 3. The number of rotatable bonds is 12. The molecule has 3 rings (SSSR count). The molecule has 0 unspecified atom stereocenters. The molecule has 10 nitrogen and oxygen atoms in total. The third-order valence-corrected chi connectivity index (χ3v) is 5.95. The van der Waals surface area contributed by atoms with Gasteiger partial charge in [-0.05, 0) is 79.9 Å². The zero-order valence-electron chi connectivity index (χ0n) is 21.8. The van der Waals surface area contributed by atoms with Crippen LogP contribution in [-0.4, -0.2) is 53.5 Å². The number of carbonyl (C=O) groups is 4. The van der Waals surface area contributed by atoms with Crippen LogP contribution in [0.15, 0.2) is 72.8 Å². The summed E-state index contributed by atoms with van der Waals surface area (Å²) in [4.78, 5) is 50.6. The van der Waals surface area contributed by atoms with Crippen LogP contribution in [0.5, 0.6) is 0 Å². The number of para-hydroxylation sites is 1. The van der Waals surface area contributed by atoms with E-state index in [0.717, 1.165) is 11.1 Å². The lowest BCUT2D eigenvalue weighted by Gasteiger charge is -2.22. The Morgan fingerprint density at radius 2 is 1.46 bits per heavy atom. The van der Waals surface area contributed by atoms with Gasteiger partial charge in [0.05, 0.1) is 18.5 Å². The summed E-state index contributed by atoms with van der Waals surface area (Å²) in [5.74, 6) is -1.67. The Balaban J connectivity index is 1.57. The third kappa shape index (κ3) is 9.28. The number of anilines is 3. The fraction of sp³-hybridized carbons (Fsp3) is 0.241. The molecule has 0 aromatic heterocycles. The van der Waals surface area contributed by atoms with Crippen LogP contribution in [0.3, 0.4) is 0 Å². The molecule has 0 radical (unpaired) electrons. The maximum Gasteiger partial charge on any atom is 0.335 e.